The van der Waals surface area contributed by atoms with E-state index in [0.29, 0.717) is 42.7 Å². The van der Waals surface area contributed by atoms with Gasteiger partial charge in [0.2, 0.25) is 5.91 Å². The number of carbonyl (C=O) groups is 2. The first-order valence-corrected chi connectivity index (χ1v) is 14.2. The fraction of sp³-hybridized carbons (Fsp3) is 0.455. The minimum atomic E-state index is -4.49. The smallest absolute Gasteiger partial charge is 0.416 e. The number of urea groups is 1. The summed E-state index contributed by atoms with van der Waals surface area (Å²) in [6.45, 7) is 13.7. The minimum absolute atomic E-state index is 0.0386. The van der Waals surface area contributed by atoms with E-state index in [2.05, 4.69) is 13.2 Å². The molecule has 3 amide bonds. The third kappa shape index (κ3) is 5.65. The summed E-state index contributed by atoms with van der Waals surface area (Å²) in [7, 11) is 3.21. The summed E-state index contributed by atoms with van der Waals surface area (Å²) in [6.07, 6.45) is 0.564. The maximum atomic E-state index is 14.2. The number of piperazine rings is 1. The largest absolute Gasteiger partial charge is 0.497 e. The molecule has 2 fully saturated rings. The Bertz CT molecular complexity index is 1360. The van der Waals surface area contributed by atoms with Gasteiger partial charge in [-0.2, -0.15) is 13.2 Å². The highest BCUT2D eigenvalue weighted by molar-refractivity contribution is 5.87. The van der Waals surface area contributed by atoms with E-state index < -0.39 is 29.2 Å². The van der Waals surface area contributed by atoms with Crippen molar-refractivity contribution in [3.63, 3.8) is 0 Å². The molecule has 6 nitrogen and oxygen atoms in total. The van der Waals surface area contributed by atoms with Gasteiger partial charge in [0.15, 0.2) is 0 Å². The van der Waals surface area contributed by atoms with Crippen molar-refractivity contribution in [2.45, 2.75) is 64.3 Å². The lowest BCUT2D eigenvalue weighted by Crippen LogP contribution is -2.57. The second-order valence-corrected chi connectivity index (χ2v) is 11.6. The molecule has 0 aliphatic carbocycles. The fourth-order valence-corrected chi connectivity index (χ4v) is 6.65. The van der Waals surface area contributed by atoms with Gasteiger partial charge in [0.1, 0.15) is 5.75 Å². The molecule has 9 heteroatoms. The number of fused-ring (bicyclic) bond motifs is 1. The summed E-state index contributed by atoms with van der Waals surface area (Å²) < 4.78 is 46.2. The summed E-state index contributed by atoms with van der Waals surface area (Å²) >= 11 is 0. The normalized spacial score (nSPS) is 20.6. The first-order valence-electron chi connectivity index (χ1n) is 14.2. The molecule has 3 atom stereocenters. The lowest BCUT2D eigenvalue weighted by atomic mass is 9.76. The summed E-state index contributed by atoms with van der Waals surface area (Å²) in [5.41, 5.74) is 1.27. The monoisotopic (exact) mass is 583 g/mol. The molecule has 2 heterocycles. The number of halogens is 3. The van der Waals surface area contributed by atoms with Crippen LogP contribution in [0.5, 0.6) is 5.75 Å². The SMILES string of the molecule is C=CCC1(CC=C)CC2C(c3ccc(OC)cc3C)N(C(=O)N(C)C(C)c3cc(C)cc(C(F)(F)F)c3)CCN2C1=O. The highest BCUT2D eigenvalue weighted by Crippen LogP contribution is 2.50. The molecule has 4 rings (SSSR count). The van der Waals surface area contributed by atoms with Crippen molar-refractivity contribution in [2.75, 3.05) is 27.2 Å². The molecule has 2 aromatic rings. The van der Waals surface area contributed by atoms with E-state index in [1.807, 2.05) is 30.0 Å². The van der Waals surface area contributed by atoms with E-state index in [1.165, 1.54) is 4.90 Å². The van der Waals surface area contributed by atoms with E-state index in [4.69, 9.17) is 4.74 Å². The van der Waals surface area contributed by atoms with Gasteiger partial charge in [0.05, 0.1) is 36.2 Å². The van der Waals surface area contributed by atoms with Crippen molar-refractivity contribution >= 4 is 11.9 Å². The van der Waals surface area contributed by atoms with Gasteiger partial charge in [-0.1, -0.05) is 29.8 Å². The summed E-state index contributed by atoms with van der Waals surface area (Å²) in [5.74, 6) is 0.722. The van der Waals surface area contributed by atoms with Gasteiger partial charge in [0, 0.05) is 20.1 Å². The van der Waals surface area contributed by atoms with Crippen LogP contribution in [0.3, 0.4) is 0 Å². The predicted molar refractivity (Wildman–Crippen MR) is 157 cm³/mol. The number of rotatable bonds is 8. The zero-order valence-corrected chi connectivity index (χ0v) is 25.0. The number of methoxy groups -OCH3 is 1. The van der Waals surface area contributed by atoms with Gasteiger partial charge in [-0.25, -0.2) is 4.79 Å². The highest BCUT2D eigenvalue weighted by atomic mass is 19.4. The van der Waals surface area contributed by atoms with E-state index in [1.54, 1.807) is 51.1 Å². The molecule has 226 valence electrons. The molecule has 0 bridgehead atoms. The number of benzene rings is 2. The number of amides is 3. The number of allylic oxidation sites excluding steroid dienone is 2. The number of carbonyl (C=O) groups excluding carboxylic acids is 2. The number of aryl methyl sites for hydroxylation is 2. The molecule has 0 radical (unpaired) electrons. The van der Waals surface area contributed by atoms with Crippen LogP contribution in [0.25, 0.3) is 0 Å². The van der Waals surface area contributed by atoms with Crippen LogP contribution in [0.4, 0.5) is 18.0 Å². The molecule has 3 unspecified atom stereocenters. The Morgan fingerprint density at radius 1 is 1.14 bits per heavy atom. The Hall–Kier alpha value is -3.75. The van der Waals surface area contributed by atoms with Gasteiger partial charge in [-0.05, 0) is 81.0 Å². The molecule has 2 saturated heterocycles. The van der Waals surface area contributed by atoms with Gasteiger partial charge < -0.3 is 19.4 Å². The second-order valence-electron chi connectivity index (χ2n) is 11.6. The Labute approximate surface area is 246 Å². The molecule has 0 N–H and O–H groups in total. The van der Waals surface area contributed by atoms with Crippen LogP contribution in [-0.4, -0.2) is 59.9 Å². The van der Waals surface area contributed by atoms with E-state index in [0.717, 1.165) is 23.3 Å². The van der Waals surface area contributed by atoms with Gasteiger partial charge in [-0.3, -0.25) is 4.79 Å². The average molecular weight is 584 g/mol. The molecule has 42 heavy (non-hydrogen) atoms. The molecule has 2 aliphatic heterocycles. The maximum absolute atomic E-state index is 14.2. The molecule has 2 aromatic carbocycles. The van der Waals surface area contributed by atoms with Crippen LogP contribution in [0, 0.1) is 19.3 Å². The Kier molecular flexibility index (Phi) is 8.81. The zero-order chi connectivity index (χ0) is 31.0. The highest BCUT2D eigenvalue weighted by Gasteiger charge is 2.56. The van der Waals surface area contributed by atoms with Crippen LogP contribution >= 0.6 is 0 Å². The van der Waals surface area contributed by atoms with Gasteiger partial charge >= 0.3 is 12.2 Å². The van der Waals surface area contributed by atoms with Crippen LogP contribution in [-0.2, 0) is 11.0 Å². The topological polar surface area (TPSA) is 53.1 Å². The average Bonchev–Trinajstić information content (AvgIpc) is 3.21. The Morgan fingerprint density at radius 2 is 1.81 bits per heavy atom. The molecule has 0 aromatic heterocycles. The summed E-state index contributed by atoms with van der Waals surface area (Å²) in [6, 6.07) is 7.90. The first kappa shape index (κ1) is 31.2. The molecule has 0 saturated carbocycles. The number of nitrogens with zero attached hydrogens (tertiary/aromatic N) is 3. The van der Waals surface area contributed by atoms with E-state index >= 15 is 0 Å². The van der Waals surface area contributed by atoms with Crippen LogP contribution < -0.4 is 4.74 Å². The van der Waals surface area contributed by atoms with E-state index in [9.17, 15) is 22.8 Å². The number of hydrogen-bond donors (Lipinski definition) is 0. The standard InChI is InChI=1S/C33H40F3N3O3/c1-8-12-32(13-9-2)20-28-29(27-11-10-26(42-7)18-22(27)4)39(15-14-38(28)30(32)40)31(41)37(6)23(5)24-16-21(3)17-25(19-24)33(34,35)36/h8-11,16-19,23,28-29H,1-2,12-15,20H2,3-7H3. The Morgan fingerprint density at radius 3 is 2.38 bits per heavy atom. The molecule has 2 aliphatic rings. The number of ether oxygens (including phenoxy) is 1. The van der Waals surface area contributed by atoms with Gasteiger partial charge in [0.25, 0.3) is 0 Å². The van der Waals surface area contributed by atoms with Crippen molar-refractivity contribution in [1.82, 2.24) is 14.7 Å². The van der Waals surface area contributed by atoms with Gasteiger partial charge in [-0.15, -0.1) is 13.2 Å². The second kappa shape index (κ2) is 11.9. The first-order chi connectivity index (χ1) is 19.8. The lowest BCUT2D eigenvalue weighted by molar-refractivity contribution is -0.139. The third-order valence-electron chi connectivity index (χ3n) is 8.90. The zero-order valence-electron chi connectivity index (χ0n) is 25.0. The molecule has 0 spiro atoms. The maximum Gasteiger partial charge on any atom is 0.416 e. The van der Waals surface area contributed by atoms with Crippen LogP contribution in [0.1, 0.15) is 66.1 Å². The predicted octanol–water partition coefficient (Wildman–Crippen LogP) is 7.24. The van der Waals surface area contributed by atoms with Crippen molar-refractivity contribution in [2.24, 2.45) is 5.41 Å². The van der Waals surface area contributed by atoms with Crippen LogP contribution in [0.15, 0.2) is 61.7 Å². The minimum Gasteiger partial charge on any atom is -0.497 e. The molecular formula is C33H40F3N3O3. The fourth-order valence-electron chi connectivity index (χ4n) is 6.65. The van der Waals surface area contributed by atoms with Crippen molar-refractivity contribution in [3.8, 4) is 5.75 Å². The summed E-state index contributed by atoms with van der Waals surface area (Å²) in [4.78, 5) is 33.3. The summed E-state index contributed by atoms with van der Waals surface area (Å²) in [5, 5.41) is 0. The van der Waals surface area contributed by atoms with Crippen molar-refractivity contribution in [1.29, 1.82) is 0 Å². The van der Waals surface area contributed by atoms with Crippen molar-refractivity contribution in [3.05, 3.63) is 89.5 Å². The van der Waals surface area contributed by atoms with Crippen molar-refractivity contribution < 1.29 is 27.5 Å². The number of alkyl halides is 3. The third-order valence-corrected chi connectivity index (χ3v) is 8.90. The quantitative estimate of drug-likeness (QED) is 0.308. The van der Waals surface area contributed by atoms with Crippen LogP contribution in [0.2, 0.25) is 0 Å². The lowest BCUT2D eigenvalue weighted by Gasteiger charge is -2.47. The number of hydrogen-bond acceptors (Lipinski definition) is 3. The van der Waals surface area contributed by atoms with E-state index in [-0.39, 0.29) is 24.5 Å². The Balaban J connectivity index is 1.75. The molecular weight excluding hydrogens is 543 g/mol.